The fourth-order valence-corrected chi connectivity index (χ4v) is 8.82. The Morgan fingerprint density at radius 1 is 1.08 bits per heavy atom. The highest BCUT2D eigenvalue weighted by atomic mass is 127. The highest BCUT2D eigenvalue weighted by Gasteiger charge is 2.60. The Morgan fingerprint density at radius 3 is 2.31 bits per heavy atom. The number of hydrogen-bond acceptors (Lipinski definition) is 6. The van der Waals surface area contributed by atoms with Gasteiger partial charge < -0.3 is 30.9 Å². The smallest absolute Gasteiger partial charge is 0.408 e. The second-order valence-electron chi connectivity index (χ2n) is 15.5. The van der Waals surface area contributed by atoms with Crippen LogP contribution in [-0.4, -0.2) is 86.4 Å². The lowest BCUT2D eigenvalue weighted by Gasteiger charge is -2.39. The van der Waals surface area contributed by atoms with Crippen LogP contribution >= 0.6 is 22.6 Å². The van der Waals surface area contributed by atoms with Gasteiger partial charge in [-0.2, -0.15) is 0 Å². The van der Waals surface area contributed by atoms with Gasteiger partial charge in [-0.05, 0) is 87.3 Å². The summed E-state index contributed by atoms with van der Waals surface area (Å²) in [5, 5.41) is 5.51. The molecule has 8 atom stereocenters. The molecule has 3 heterocycles. The molecule has 5 amide bonds. The van der Waals surface area contributed by atoms with Crippen molar-refractivity contribution in [1.82, 2.24) is 20.4 Å². The molecule has 262 valence electrons. The van der Waals surface area contributed by atoms with Crippen molar-refractivity contribution in [1.29, 1.82) is 0 Å². The van der Waals surface area contributed by atoms with E-state index in [4.69, 9.17) is 10.5 Å². The molecule has 0 aromatic heterocycles. The summed E-state index contributed by atoms with van der Waals surface area (Å²) in [7, 11) is 0. The lowest BCUT2D eigenvalue weighted by molar-refractivity contribution is -0.149. The lowest BCUT2D eigenvalue weighted by atomic mass is 9.77. The van der Waals surface area contributed by atoms with Crippen molar-refractivity contribution in [3.05, 3.63) is 41.7 Å². The number of halogens is 3. The summed E-state index contributed by atoms with van der Waals surface area (Å²) in [6.07, 6.45) is 0.277. The molecule has 4 aliphatic rings. The summed E-state index contributed by atoms with van der Waals surface area (Å²) in [5.74, 6) is -3.62. The Hall–Kier alpha value is -3.30. The summed E-state index contributed by atoms with van der Waals surface area (Å²) in [6, 6.07) is 2.10. The van der Waals surface area contributed by atoms with Crippen LogP contribution in [0.15, 0.2) is 30.3 Å². The second kappa shape index (κ2) is 12.9. The van der Waals surface area contributed by atoms with Crippen molar-refractivity contribution in [2.45, 2.75) is 94.6 Å². The zero-order valence-corrected chi connectivity index (χ0v) is 30.2. The SMILES string of the molecule is CC(C)(C)OC(=O)N[C@H](C(=O)N1C[C@@H]2CC[C@@H](F)[C@@H](I)[C@@H]2[C@H]1C(=O)N1C[C@]2(C=C(c3ccc(F)cc3)NC2=O)C[C@H]1C(N)=O)C(C)(C)C. The molecule has 1 saturated carbocycles. The standard InChI is InChI=1S/C34H44F2IN5O6/c1-32(2,3)26(40-31(47)48-33(4,5)6)29(45)41-15-18-9-12-20(36)24(37)23(18)25(41)28(44)42-16-34(14-22(42)27(38)43)13-21(39-30(34)46)17-7-10-19(35)11-8-17/h7-8,10-11,13,18,20,22-26H,9,12,14-16H2,1-6H3,(H2,38,43)(H,39,46)(H,40,47)/t18-,20+,22-,23+,24+,25-,26+,34-/m0/s1. The minimum absolute atomic E-state index is 0.0937. The summed E-state index contributed by atoms with van der Waals surface area (Å²) in [6.45, 7) is 10.4. The summed E-state index contributed by atoms with van der Waals surface area (Å²) < 4.78 is 33.7. The van der Waals surface area contributed by atoms with Gasteiger partial charge in [0, 0.05) is 28.6 Å². The van der Waals surface area contributed by atoms with Crippen LogP contribution in [0.1, 0.15) is 66.4 Å². The average Bonchev–Trinajstić information content (AvgIpc) is 3.66. The van der Waals surface area contributed by atoms with Crippen molar-refractivity contribution < 1.29 is 37.5 Å². The number of alkyl carbamates (subject to hydrolysis) is 1. The van der Waals surface area contributed by atoms with E-state index in [1.54, 1.807) is 47.6 Å². The molecule has 0 unspecified atom stereocenters. The van der Waals surface area contributed by atoms with Gasteiger partial charge in [-0.3, -0.25) is 19.2 Å². The van der Waals surface area contributed by atoms with E-state index in [0.717, 1.165) is 0 Å². The first kappa shape index (κ1) is 36.0. The van der Waals surface area contributed by atoms with Gasteiger partial charge in [0.05, 0.1) is 5.41 Å². The molecule has 11 nitrogen and oxygen atoms in total. The quantitative estimate of drug-likeness (QED) is 0.307. The van der Waals surface area contributed by atoms with Gasteiger partial charge in [0.2, 0.25) is 23.6 Å². The van der Waals surface area contributed by atoms with E-state index in [1.165, 1.54) is 34.1 Å². The minimum Gasteiger partial charge on any atom is -0.444 e. The van der Waals surface area contributed by atoms with E-state index < -0.39 is 86.1 Å². The molecule has 1 aromatic rings. The van der Waals surface area contributed by atoms with E-state index in [-0.39, 0.29) is 31.8 Å². The zero-order chi connectivity index (χ0) is 35.5. The first-order chi connectivity index (χ1) is 22.2. The monoisotopic (exact) mass is 783 g/mol. The molecule has 0 radical (unpaired) electrons. The molecule has 5 rings (SSSR count). The second-order valence-corrected chi connectivity index (χ2v) is 17.0. The van der Waals surface area contributed by atoms with Gasteiger partial charge in [0.1, 0.15) is 35.7 Å². The largest absolute Gasteiger partial charge is 0.444 e. The lowest BCUT2D eigenvalue weighted by Crippen LogP contribution is -2.61. The van der Waals surface area contributed by atoms with Crippen LogP contribution in [0.2, 0.25) is 0 Å². The van der Waals surface area contributed by atoms with Crippen LogP contribution in [0.5, 0.6) is 0 Å². The number of nitrogens with two attached hydrogens (primary N) is 1. The van der Waals surface area contributed by atoms with Gasteiger partial charge in [-0.25, -0.2) is 13.6 Å². The summed E-state index contributed by atoms with van der Waals surface area (Å²) in [5.41, 5.74) is 3.86. The zero-order valence-electron chi connectivity index (χ0n) is 28.0. The van der Waals surface area contributed by atoms with Crippen LogP contribution in [0.4, 0.5) is 13.6 Å². The number of benzene rings is 1. The Labute approximate surface area is 292 Å². The molecule has 3 aliphatic heterocycles. The number of likely N-dealkylation sites (tertiary alicyclic amines) is 2. The highest BCUT2D eigenvalue weighted by molar-refractivity contribution is 14.1. The molecule has 1 spiro atoms. The van der Waals surface area contributed by atoms with Crippen LogP contribution in [0, 0.1) is 28.5 Å². The Morgan fingerprint density at radius 2 is 1.73 bits per heavy atom. The third kappa shape index (κ3) is 6.90. The highest BCUT2D eigenvalue weighted by Crippen LogP contribution is 2.48. The summed E-state index contributed by atoms with van der Waals surface area (Å²) in [4.78, 5) is 71.3. The number of rotatable bonds is 5. The van der Waals surface area contributed by atoms with Crippen LogP contribution in [0.3, 0.4) is 0 Å². The van der Waals surface area contributed by atoms with Crippen LogP contribution in [0.25, 0.3) is 5.70 Å². The van der Waals surface area contributed by atoms with E-state index >= 15 is 4.39 Å². The van der Waals surface area contributed by atoms with Crippen molar-refractivity contribution in [2.24, 2.45) is 28.4 Å². The normalized spacial score (nSPS) is 30.9. The number of ether oxygens (including phenoxy) is 1. The number of amides is 5. The number of carbonyl (C=O) groups excluding carboxylic acids is 5. The fraction of sp³-hybridized carbons (Fsp3) is 0.618. The molecule has 0 bridgehead atoms. The average molecular weight is 784 g/mol. The Balaban J connectivity index is 1.51. The number of primary amides is 1. The molecule has 3 fully saturated rings. The Bertz CT molecular complexity index is 1520. The van der Waals surface area contributed by atoms with Gasteiger partial charge >= 0.3 is 6.09 Å². The minimum atomic E-state index is -1.31. The van der Waals surface area contributed by atoms with Gasteiger partial charge in [-0.15, -0.1) is 0 Å². The first-order valence-corrected chi connectivity index (χ1v) is 17.5. The van der Waals surface area contributed by atoms with Gasteiger partial charge in [0.15, 0.2) is 0 Å². The van der Waals surface area contributed by atoms with Crippen LogP contribution in [-0.2, 0) is 23.9 Å². The van der Waals surface area contributed by atoms with E-state index in [2.05, 4.69) is 10.6 Å². The molecule has 1 aromatic carbocycles. The first-order valence-electron chi connectivity index (χ1n) is 16.2. The maximum atomic E-state index is 15.3. The van der Waals surface area contributed by atoms with Crippen molar-refractivity contribution in [2.75, 3.05) is 13.1 Å². The van der Waals surface area contributed by atoms with E-state index in [9.17, 15) is 28.4 Å². The third-order valence-corrected chi connectivity index (χ3v) is 11.4. The van der Waals surface area contributed by atoms with Crippen molar-refractivity contribution in [3.8, 4) is 0 Å². The number of alkyl halides is 2. The number of nitrogens with one attached hydrogen (secondary N) is 2. The van der Waals surface area contributed by atoms with Crippen molar-refractivity contribution in [3.63, 3.8) is 0 Å². The molecule has 14 heteroatoms. The third-order valence-electron chi connectivity index (χ3n) is 9.79. The molecule has 48 heavy (non-hydrogen) atoms. The molecule has 2 saturated heterocycles. The Kier molecular flexibility index (Phi) is 9.65. The maximum Gasteiger partial charge on any atom is 0.408 e. The van der Waals surface area contributed by atoms with Gasteiger partial charge in [-0.1, -0.05) is 43.4 Å². The fourth-order valence-electron chi connectivity index (χ4n) is 7.48. The maximum absolute atomic E-state index is 15.3. The molecule has 4 N–H and O–H groups in total. The number of hydrogen-bond donors (Lipinski definition) is 3. The van der Waals surface area contributed by atoms with Crippen molar-refractivity contribution >= 4 is 58.0 Å². The predicted octanol–water partition coefficient (Wildman–Crippen LogP) is 3.69. The predicted molar refractivity (Wildman–Crippen MR) is 181 cm³/mol. The van der Waals surface area contributed by atoms with E-state index in [1.807, 2.05) is 22.6 Å². The van der Waals surface area contributed by atoms with Crippen LogP contribution < -0.4 is 16.4 Å². The summed E-state index contributed by atoms with van der Waals surface area (Å²) >= 11 is 2.01. The van der Waals surface area contributed by atoms with Gasteiger partial charge in [0.25, 0.3) is 0 Å². The molecular formula is C34H44F2IN5O6. The van der Waals surface area contributed by atoms with E-state index in [0.29, 0.717) is 17.7 Å². The number of fused-ring (bicyclic) bond motifs is 1. The topological polar surface area (TPSA) is 151 Å². The number of carbonyl (C=O) groups is 5. The molecule has 1 aliphatic carbocycles. The number of nitrogens with zero attached hydrogens (tertiary/aromatic N) is 2. The molecular weight excluding hydrogens is 739 g/mol.